The van der Waals surface area contributed by atoms with Gasteiger partial charge < -0.3 is 29.2 Å². The first-order chi connectivity index (χ1) is 27.3. The van der Waals surface area contributed by atoms with Crippen LogP contribution in [0.3, 0.4) is 0 Å². The van der Waals surface area contributed by atoms with Gasteiger partial charge in [0, 0.05) is 36.1 Å². The number of alkyl halides is 1. The van der Waals surface area contributed by atoms with Crippen molar-refractivity contribution in [1.29, 1.82) is 0 Å². The van der Waals surface area contributed by atoms with Crippen LogP contribution in [0.1, 0.15) is 121 Å². The standard InChI is InChI=1S/C47H71FN2O9/c1-14-37-47(12,55)35-24-23-34(22-18-21-33-19-16-15-17-20-33)27-56-45(10,26-28(2)38(30(35)4)49-32(6)51)41(31(5)40(53)46(11,48)43(54)58-37)59-42-39(52)36(25-29(3)57-42)50(13)44(7,8)9/h15-22,28-31,35-37,39,41-42,52,55H,14,23-27H2,1-13H3/b21-18+,34-22+,49-38?/t28-,29-,30-,31+,35-,36+,37-,39-,41-,42+,45-,46+,47+/m1/s1. The molecule has 11 nitrogen and oxygen atoms in total. The van der Waals surface area contributed by atoms with E-state index in [4.69, 9.17) is 18.9 Å². The van der Waals surface area contributed by atoms with Gasteiger partial charge in [-0.05, 0) is 111 Å². The third-order valence-electron chi connectivity index (χ3n) is 13.1. The number of aliphatic hydroxyl groups excluding tert-OH is 1. The lowest BCUT2D eigenvalue weighted by Crippen LogP contribution is -2.62. The number of allylic oxidation sites excluding steroid dienone is 2. The highest BCUT2D eigenvalue weighted by Gasteiger charge is 2.56. The number of hydrogen-bond acceptors (Lipinski definition) is 10. The minimum Gasteiger partial charge on any atom is -0.457 e. The quantitative estimate of drug-likeness (QED) is 0.219. The van der Waals surface area contributed by atoms with Gasteiger partial charge in [0.05, 0.1) is 24.4 Å². The first-order valence-corrected chi connectivity index (χ1v) is 21.4. The molecule has 1 aromatic carbocycles. The molecular weight excluding hydrogens is 756 g/mol. The lowest BCUT2D eigenvalue weighted by Gasteiger charge is -2.49. The molecular formula is C47H71FN2O9. The summed E-state index contributed by atoms with van der Waals surface area (Å²) in [6.07, 6.45) is 2.09. The van der Waals surface area contributed by atoms with E-state index >= 15 is 4.39 Å². The number of hydrogen-bond donors (Lipinski definition) is 2. The van der Waals surface area contributed by atoms with Gasteiger partial charge in [-0.1, -0.05) is 76.3 Å². The number of carbonyl (C=O) groups excluding carboxylic acids is 3. The summed E-state index contributed by atoms with van der Waals surface area (Å²) in [5, 5.41) is 24.5. The number of fused-ring (bicyclic) bond motifs is 5. The summed E-state index contributed by atoms with van der Waals surface area (Å²) < 4.78 is 43.0. The second-order valence-electron chi connectivity index (χ2n) is 18.9. The van der Waals surface area contributed by atoms with Crippen molar-refractivity contribution in [2.45, 2.75) is 174 Å². The largest absolute Gasteiger partial charge is 0.457 e. The molecule has 59 heavy (non-hydrogen) atoms. The number of rotatable bonds is 6. The average molecular weight is 827 g/mol. The van der Waals surface area contributed by atoms with Gasteiger partial charge in [-0.25, -0.2) is 14.2 Å². The van der Waals surface area contributed by atoms with Crippen molar-refractivity contribution in [1.82, 2.24) is 4.90 Å². The number of cyclic esters (lactones) is 1. The molecule has 0 aliphatic carbocycles. The van der Waals surface area contributed by atoms with Crippen molar-refractivity contribution in [3.8, 4) is 0 Å². The number of Topliss-reactive ketones (excluding diaryl/α,β-unsaturated/α-hetero) is 1. The van der Waals surface area contributed by atoms with Gasteiger partial charge in [-0.2, -0.15) is 0 Å². The van der Waals surface area contributed by atoms with E-state index in [1.807, 2.05) is 97.1 Å². The van der Waals surface area contributed by atoms with Crippen LogP contribution in [-0.4, -0.2) is 111 Å². The van der Waals surface area contributed by atoms with Crippen molar-refractivity contribution in [3.63, 3.8) is 0 Å². The van der Waals surface area contributed by atoms with Crippen molar-refractivity contribution < 1.29 is 47.9 Å². The van der Waals surface area contributed by atoms with E-state index in [1.54, 1.807) is 20.8 Å². The maximum atomic E-state index is 17.0. The minimum absolute atomic E-state index is 0.0605. The van der Waals surface area contributed by atoms with Gasteiger partial charge in [0.2, 0.25) is 5.91 Å². The second-order valence-corrected chi connectivity index (χ2v) is 18.9. The molecule has 2 N–H and O–H groups in total. The fourth-order valence-corrected chi connectivity index (χ4v) is 9.45. The van der Waals surface area contributed by atoms with Crippen LogP contribution in [0.5, 0.6) is 0 Å². The van der Waals surface area contributed by atoms with Crippen LogP contribution >= 0.6 is 0 Å². The predicted octanol–water partition coefficient (Wildman–Crippen LogP) is 7.46. The Morgan fingerprint density at radius 2 is 1.73 bits per heavy atom. The van der Waals surface area contributed by atoms with E-state index in [2.05, 4.69) is 9.89 Å². The van der Waals surface area contributed by atoms with Gasteiger partial charge in [0.1, 0.15) is 17.8 Å². The highest BCUT2D eigenvalue weighted by atomic mass is 19.1. The molecule has 3 heterocycles. The Bertz CT molecular complexity index is 1720. The van der Waals surface area contributed by atoms with Crippen LogP contribution in [0.15, 0.2) is 53.0 Å². The highest BCUT2D eigenvalue weighted by Crippen LogP contribution is 2.44. The van der Waals surface area contributed by atoms with Crippen molar-refractivity contribution >= 4 is 29.4 Å². The Morgan fingerprint density at radius 3 is 2.32 bits per heavy atom. The fourth-order valence-electron chi connectivity index (χ4n) is 9.45. The molecule has 1 amide bonds. The summed E-state index contributed by atoms with van der Waals surface area (Å²) in [5.74, 6) is -5.99. The smallest absolute Gasteiger partial charge is 0.351 e. The van der Waals surface area contributed by atoms with E-state index in [0.717, 1.165) is 18.1 Å². The van der Waals surface area contributed by atoms with Gasteiger partial charge in [-0.3, -0.25) is 14.5 Å². The van der Waals surface area contributed by atoms with E-state index in [-0.39, 0.29) is 31.1 Å². The van der Waals surface area contributed by atoms with E-state index < -0.39 is 88.8 Å². The number of nitrogens with zero attached hydrogens (tertiary/aromatic N) is 2. The zero-order valence-electron chi connectivity index (χ0n) is 37.7. The van der Waals surface area contributed by atoms with Gasteiger partial charge in [-0.15, -0.1) is 0 Å². The summed E-state index contributed by atoms with van der Waals surface area (Å²) in [5.41, 5.74) is -4.29. The second kappa shape index (κ2) is 19.3. The molecule has 0 saturated carbocycles. The molecule has 0 unspecified atom stereocenters. The molecule has 3 saturated heterocycles. The Hall–Kier alpha value is -3.13. The number of benzene rings is 1. The fraction of sp³-hybridized carbons (Fsp3) is 0.702. The monoisotopic (exact) mass is 827 g/mol. The highest BCUT2D eigenvalue weighted by molar-refractivity contribution is 6.08. The van der Waals surface area contributed by atoms with Crippen LogP contribution < -0.4 is 0 Å². The number of aliphatic imine (C=N–C) groups is 1. The molecule has 330 valence electrons. The summed E-state index contributed by atoms with van der Waals surface area (Å²) in [6.45, 7) is 20.7. The first kappa shape index (κ1) is 48.5. The molecule has 0 radical (unpaired) electrons. The number of aliphatic hydroxyl groups is 2. The van der Waals surface area contributed by atoms with E-state index in [9.17, 15) is 24.6 Å². The maximum absolute atomic E-state index is 17.0. The van der Waals surface area contributed by atoms with Crippen LogP contribution in [0, 0.1) is 23.7 Å². The van der Waals surface area contributed by atoms with E-state index in [0.29, 0.717) is 25.0 Å². The maximum Gasteiger partial charge on any atom is 0.351 e. The zero-order valence-corrected chi connectivity index (χ0v) is 37.7. The zero-order chi connectivity index (χ0) is 44.2. The van der Waals surface area contributed by atoms with Crippen molar-refractivity contribution in [3.05, 3.63) is 53.6 Å². The SMILES string of the molecule is CC[C@H]1OC(=O)[C@@](C)(F)C(=O)[C@H](C)[C@@H](O[C@@H]2O[C@H](C)C[C@H](N(C)C(C)(C)C)[C@H]2O)[C@@]2(C)C[C@@H](C)C(=NC(C)=O)[C@H](C)[C@@H](CC/C(=C\C=C\c3ccccc3)CO2)[C@]1(C)O. The Balaban J connectivity index is 2.00. The minimum atomic E-state index is -3.15. The van der Waals surface area contributed by atoms with Gasteiger partial charge in [0.25, 0.3) is 5.67 Å². The number of ether oxygens (including phenoxy) is 4. The number of esters is 1. The first-order valence-electron chi connectivity index (χ1n) is 21.4. The normalized spacial score (nSPS) is 39.8. The Labute approximate surface area is 351 Å². The molecule has 3 aliphatic heterocycles. The Kier molecular flexibility index (Phi) is 15.9. The lowest BCUT2D eigenvalue weighted by atomic mass is 9.68. The molecule has 0 spiro atoms. The van der Waals surface area contributed by atoms with Gasteiger partial charge in [0.15, 0.2) is 12.1 Å². The summed E-state index contributed by atoms with van der Waals surface area (Å²) in [6, 6.07) is 9.44. The molecule has 13 atom stereocenters. The molecule has 1 aromatic rings. The predicted molar refractivity (Wildman–Crippen MR) is 227 cm³/mol. The topological polar surface area (TPSA) is 144 Å². The number of likely N-dealkylation sites (N-methyl/N-ethyl adjacent to an activating group) is 1. The molecule has 4 rings (SSSR count). The third-order valence-corrected chi connectivity index (χ3v) is 13.1. The van der Waals surface area contributed by atoms with Crippen LogP contribution in [0.4, 0.5) is 4.39 Å². The molecule has 3 aliphatic rings. The van der Waals surface area contributed by atoms with E-state index in [1.165, 1.54) is 13.8 Å². The van der Waals surface area contributed by atoms with Crippen LogP contribution in [-0.2, 0) is 33.3 Å². The molecule has 2 bridgehead atoms. The third kappa shape index (κ3) is 11.2. The lowest BCUT2D eigenvalue weighted by molar-refractivity contribution is -0.299. The number of ketones is 1. The van der Waals surface area contributed by atoms with Crippen LogP contribution in [0.25, 0.3) is 6.08 Å². The summed E-state index contributed by atoms with van der Waals surface area (Å²) in [4.78, 5) is 48.0. The number of carbonyl (C=O) groups is 3. The summed E-state index contributed by atoms with van der Waals surface area (Å²) in [7, 11) is 1.93. The van der Waals surface area contributed by atoms with Crippen molar-refractivity contribution in [2.24, 2.45) is 28.7 Å². The number of halogens is 1. The molecule has 3 fully saturated rings. The summed E-state index contributed by atoms with van der Waals surface area (Å²) >= 11 is 0. The molecule has 12 heteroatoms. The number of amides is 1. The van der Waals surface area contributed by atoms with Gasteiger partial charge >= 0.3 is 5.97 Å². The van der Waals surface area contributed by atoms with Crippen molar-refractivity contribution in [2.75, 3.05) is 13.7 Å². The Morgan fingerprint density at radius 1 is 1.08 bits per heavy atom. The van der Waals surface area contributed by atoms with Crippen LogP contribution in [0.2, 0.25) is 0 Å². The molecule has 0 aromatic heterocycles. The average Bonchev–Trinajstić information content (AvgIpc) is 3.17.